The number of aromatic nitrogens is 1. The van der Waals surface area contributed by atoms with Crippen LogP contribution in [-0.2, 0) is 5.41 Å². The van der Waals surface area contributed by atoms with E-state index in [2.05, 4.69) is 230 Å². The van der Waals surface area contributed by atoms with Gasteiger partial charge in [-0.25, -0.2) is 0 Å². The molecule has 1 aliphatic rings. The maximum Gasteiger partial charge on any atom is 0.143 e. The van der Waals surface area contributed by atoms with Crippen LogP contribution in [0.25, 0.3) is 82.8 Å². The van der Waals surface area contributed by atoms with E-state index in [0.717, 1.165) is 55.8 Å². The highest BCUT2D eigenvalue weighted by Gasteiger charge is 2.35. The average molecular weight is 769 g/mol. The van der Waals surface area contributed by atoms with Crippen molar-refractivity contribution in [2.24, 2.45) is 0 Å². The van der Waals surface area contributed by atoms with E-state index in [1.165, 1.54) is 55.2 Å². The Balaban J connectivity index is 1.08. The summed E-state index contributed by atoms with van der Waals surface area (Å²) in [5.74, 6) is 0. The van der Waals surface area contributed by atoms with Gasteiger partial charge in [-0.05, 0) is 100 Å². The zero-order chi connectivity index (χ0) is 40.0. The van der Waals surface area contributed by atoms with E-state index in [1.807, 2.05) is 0 Å². The molecule has 3 nitrogen and oxygen atoms in total. The highest BCUT2D eigenvalue weighted by Crippen LogP contribution is 2.51. The van der Waals surface area contributed by atoms with E-state index >= 15 is 0 Å². The Kier molecular flexibility index (Phi) is 7.58. The number of para-hydroxylation sites is 5. The topological polar surface area (TPSA) is 21.3 Å². The number of nitrogens with zero attached hydrogens (tertiary/aromatic N) is 2. The number of hydrogen-bond acceptors (Lipinski definition) is 2. The van der Waals surface area contributed by atoms with Gasteiger partial charge in [0.2, 0.25) is 0 Å². The molecule has 1 aliphatic carbocycles. The van der Waals surface area contributed by atoms with E-state index < -0.39 is 0 Å². The first-order valence-corrected chi connectivity index (χ1v) is 20.8. The average Bonchev–Trinajstić information content (AvgIpc) is 3.92. The lowest BCUT2D eigenvalue weighted by Gasteiger charge is -2.29. The van der Waals surface area contributed by atoms with Crippen LogP contribution in [0.15, 0.2) is 211 Å². The third-order valence-electron chi connectivity index (χ3n) is 12.8. The molecule has 3 heteroatoms. The lowest BCUT2D eigenvalue weighted by Crippen LogP contribution is -2.15. The summed E-state index contributed by atoms with van der Waals surface area (Å²) in [5.41, 5.74) is 18.2. The molecule has 0 aliphatic heterocycles. The monoisotopic (exact) mass is 768 g/mol. The third kappa shape index (κ3) is 5.15. The van der Waals surface area contributed by atoms with Gasteiger partial charge >= 0.3 is 0 Å². The fraction of sp³-hybridized carbons (Fsp3) is 0.0526. The summed E-state index contributed by atoms with van der Waals surface area (Å²) in [6.45, 7) is 4.71. The van der Waals surface area contributed by atoms with Crippen molar-refractivity contribution in [3.05, 3.63) is 217 Å². The number of rotatable bonds is 6. The van der Waals surface area contributed by atoms with Crippen molar-refractivity contribution in [2.75, 3.05) is 4.90 Å². The smallest absolute Gasteiger partial charge is 0.143 e. The van der Waals surface area contributed by atoms with Crippen LogP contribution in [0.3, 0.4) is 0 Å². The molecule has 12 rings (SSSR count). The van der Waals surface area contributed by atoms with Gasteiger partial charge in [0.25, 0.3) is 0 Å². The van der Waals surface area contributed by atoms with Crippen LogP contribution in [0.5, 0.6) is 0 Å². The Morgan fingerprint density at radius 1 is 0.417 bits per heavy atom. The van der Waals surface area contributed by atoms with Gasteiger partial charge in [-0.15, -0.1) is 0 Å². The van der Waals surface area contributed by atoms with Gasteiger partial charge in [0.1, 0.15) is 11.2 Å². The van der Waals surface area contributed by atoms with E-state index in [1.54, 1.807) is 0 Å². The normalized spacial score (nSPS) is 13.0. The molecule has 0 amide bonds. The van der Waals surface area contributed by atoms with Crippen LogP contribution in [0.1, 0.15) is 25.0 Å². The van der Waals surface area contributed by atoms with Crippen molar-refractivity contribution in [1.82, 2.24) is 4.57 Å². The van der Waals surface area contributed by atoms with Gasteiger partial charge in [-0.1, -0.05) is 153 Å². The van der Waals surface area contributed by atoms with Crippen molar-refractivity contribution in [3.8, 4) is 39.1 Å². The molecule has 2 heterocycles. The molecule has 11 aromatic rings. The highest BCUT2D eigenvalue weighted by molar-refractivity contribution is 6.12. The minimum atomic E-state index is -0.105. The summed E-state index contributed by atoms with van der Waals surface area (Å²) in [7, 11) is 0. The molecule has 0 spiro atoms. The van der Waals surface area contributed by atoms with E-state index in [4.69, 9.17) is 4.42 Å². The first kappa shape index (κ1) is 34.4. The minimum absolute atomic E-state index is 0.105. The van der Waals surface area contributed by atoms with Crippen LogP contribution in [0, 0.1) is 0 Å². The van der Waals surface area contributed by atoms with Crippen LogP contribution >= 0.6 is 0 Å². The third-order valence-corrected chi connectivity index (χ3v) is 12.8. The molecule has 9 aromatic carbocycles. The van der Waals surface area contributed by atoms with Crippen molar-refractivity contribution in [1.29, 1.82) is 0 Å². The number of benzene rings is 9. The molecule has 0 saturated heterocycles. The molecule has 0 atom stereocenters. The molecule has 284 valence electrons. The zero-order valence-electron chi connectivity index (χ0n) is 33.4. The molecule has 0 unspecified atom stereocenters. The quantitative estimate of drug-likeness (QED) is 0.168. The van der Waals surface area contributed by atoms with Gasteiger partial charge in [0, 0.05) is 55.1 Å². The summed E-state index contributed by atoms with van der Waals surface area (Å²) in [6.07, 6.45) is 0. The Labute approximate surface area is 349 Å². The predicted molar refractivity (Wildman–Crippen MR) is 251 cm³/mol. The van der Waals surface area contributed by atoms with Gasteiger partial charge in [0.05, 0.1) is 16.7 Å². The SMILES string of the molecule is CC1(C)c2ccccc2-c2ccc(-c3ccccc3N(c3ccccc3)c3cc(-c4cccc(-n5c6ccccc6c6ccccc65)c4)c4oc5ccccc5c4c3)cc21. The van der Waals surface area contributed by atoms with Gasteiger partial charge < -0.3 is 13.9 Å². The van der Waals surface area contributed by atoms with Gasteiger partial charge in [-0.2, -0.15) is 0 Å². The maximum atomic E-state index is 6.81. The molecule has 2 aromatic heterocycles. The minimum Gasteiger partial charge on any atom is -0.455 e. The lowest BCUT2D eigenvalue weighted by molar-refractivity contribution is 0.660. The summed E-state index contributed by atoms with van der Waals surface area (Å²) < 4.78 is 9.20. The molecule has 0 radical (unpaired) electrons. The summed E-state index contributed by atoms with van der Waals surface area (Å²) in [6, 6.07) is 74.9. The molecule has 0 N–H and O–H groups in total. The summed E-state index contributed by atoms with van der Waals surface area (Å²) in [4.78, 5) is 2.42. The highest BCUT2D eigenvalue weighted by atomic mass is 16.3. The Hall–Kier alpha value is -7.62. The zero-order valence-corrected chi connectivity index (χ0v) is 33.4. The summed E-state index contributed by atoms with van der Waals surface area (Å²) in [5, 5.41) is 4.66. The van der Waals surface area contributed by atoms with E-state index in [0.29, 0.717) is 0 Å². The van der Waals surface area contributed by atoms with Crippen molar-refractivity contribution in [2.45, 2.75) is 19.3 Å². The molecule has 0 fully saturated rings. The molecule has 60 heavy (non-hydrogen) atoms. The molecular formula is C57H40N2O. The lowest BCUT2D eigenvalue weighted by atomic mass is 9.81. The summed E-state index contributed by atoms with van der Waals surface area (Å²) >= 11 is 0. The standard InChI is InChI=1S/C57H40N2O/c1-57(2)50-26-11-6-22-43(50)44-32-31-38(34-51(44)57)42-21-7-12-27-52(42)58(39-18-4-3-5-19-39)41-35-48(56-49(36-41)47-25-10-15-30-55(47)60-56)37-17-16-20-40(33-37)59-53-28-13-8-23-45(53)46-24-9-14-29-54(46)59/h3-36H,1-2H3. The number of anilines is 3. The molecule has 0 saturated carbocycles. The van der Waals surface area contributed by atoms with Gasteiger partial charge in [0.15, 0.2) is 0 Å². The van der Waals surface area contributed by atoms with E-state index in [-0.39, 0.29) is 5.41 Å². The second-order valence-electron chi connectivity index (χ2n) is 16.5. The fourth-order valence-corrected chi connectivity index (χ4v) is 9.96. The van der Waals surface area contributed by atoms with E-state index in [9.17, 15) is 0 Å². The van der Waals surface area contributed by atoms with Crippen LogP contribution in [0.4, 0.5) is 17.1 Å². The number of hydrogen-bond donors (Lipinski definition) is 0. The second-order valence-corrected chi connectivity index (χ2v) is 16.5. The Morgan fingerprint density at radius 2 is 1.05 bits per heavy atom. The second kappa shape index (κ2) is 13.2. The Morgan fingerprint density at radius 3 is 1.85 bits per heavy atom. The first-order chi connectivity index (χ1) is 29.5. The van der Waals surface area contributed by atoms with Crippen molar-refractivity contribution >= 4 is 60.8 Å². The van der Waals surface area contributed by atoms with Crippen LogP contribution in [0.2, 0.25) is 0 Å². The maximum absolute atomic E-state index is 6.81. The molecular weight excluding hydrogens is 729 g/mol. The number of fused-ring (bicyclic) bond motifs is 9. The van der Waals surface area contributed by atoms with Crippen molar-refractivity contribution in [3.63, 3.8) is 0 Å². The molecule has 0 bridgehead atoms. The predicted octanol–water partition coefficient (Wildman–Crippen LogP) is 15.8. The Bertz CT molecular complexity index is 3420. The van der Waals surface area contributed by atoms with Crippen LogP contribution < -0.4 is 4.90 Å². The van der Waals surface area contributed by atoms with Crippen LogP contribution in [-0.4, -0.2) is 4.57 Å². The van der Waals surface area contributed by atoms with Crippen molar-refractivity contribution < 1.29 is 4.42 Å². The van der Waals surface area contributed by atoms with Gasteiger partial charge in [-0.3, -0.25) is 0 Å². The number of furan rings is 1. The largest absolute Gasteiger partial charge is 0.455 e. The first-order valence-electron chi connectivity index (χ1n) is 20.8. The fourth-order valence-electron chi connectivity index (χ4n) is 9.96.